The van der Waals surface area contributed by atoms with Gasteiger partial charge in [-0.05, 0) is 24.6 Å². The van der Waals surface area contributed by atoms with Crippen molar-refractivity contribution < 1.29 is 4.42 Å². The summed E-state index contributed by atoms with van der Waals surface area (Å²) in [6.07, 6.45) is 6.00. The molecule has 0 fully saturated rings. The molecule has 17 heavy (non-hydrogen) atoms. The van der Waals surface area contributed by atoms with Gasteiger partial charge >= 0.3 is 0 Å². The maximum Gasteiger partial charge on any atom is 0.188 e. The molecule has 0 bridgehead atoms. The van der Waals surface area contributed by atoms with E-state index in [4.69, 9.17) is 10.2 Å². The second kappa shape index (κ2) is 5.84. The van der Waals surface area contributed by atoms with Crippen LogP contribution in [0.25, 0.3) is 0 Å². The molecule has 0 aliphatic rings. The second-order valence-electron chi connectivity index (χ2n) is 3.66. The van der Waals surface area contributed by atoms with Gasteiger partial charge in [-0.3, -0.25) is 0 Å². The van der Waals surface area contributed by atoms with Crippen LogP contribution in [-0.4, -0.2) is 16.0 Å². The summed E-state index contributed by atoms with van der Waals surface area (Å²) < 4.78 is 5.43. The van der Waals surface area contributed by atoms with Gasteiger partial charge in [0.05, 0.1) is 11.5 Å². The van der Waals surface area contributed by atoms with Crippen LogP contribution in [0.4, 0.5) is 0 Å². The third kappa shape index (κ3) is 3.08. The average Bonchev–Trinajstić information content (AvgIpc) is 2.90. The normalized spacial score (nSPS) is 14.5. The monoisotopic (exact) mass is 249 g/mol. The average molecular weight is 249 g/mol. The second-order valence-corrected chi connectivity index (χ2v) is 4.77. The van der Waals surface area contributed by atoms with Crippen LogP contribution in [0.2, 0.25) is 0 Å². The smallest absolute Gasteiger partial charge is 0.188 e. The van der Waals surface area contributed by atoms with Crippen LogP contribution in [0.3, 0.4) is 0 Å². The van der Waals surface area contributed by atoms with Crippen LogP contribution in [0.15, 0.2) is 46.4 Å². The van der Waals surface area contributed by atoms with E-state index in [1.807, 2.05) is 12.1 Å². The molecule has 2 heterocycles. The molecule has 0 amide bonds. The highest BCUT2D eigenvalue weighted by Gasteiger charge is 2.23. The van der Waals surface area contributed by atoms with Gasteiger partial charge in [-0.25, -0.2) is 9.97 Å². The van der Waals surface area contributed by atoms with Crippen LogP contribution in [0, 0.1) is 0 Å². The number of aromatic nitrogens is 2. The fraction of sp³-hybridized carbons (Fsp3) is 0.333. The number of hydrogen-bond donors (Lipinski definition) is 1. The predicted octanol–water partition coefficient (Wildman–Crippen LogP) is 2.64. The summed E-state index contributed by atoms with van der Waals surface area (Å²) in [6.45, 7) is 2.06. The first-order valence-corrected chi connectivity index (χ1v) is 6.42. The molecule has 90 valence electrons. The Morgan fingerprint density at radius 1 is 1.35 bits per heavy atom. The van der Waals surface area contributed by atoms with Crippen molar-refractivity contribution in [3.05, 3.63) is 42.6 Å². The molecule has 0 saturated heterocycles. The van der Waals surface area contributed by atoms with Crippen molar-refractivity contribution in [2.24, 2.45) is 5.73 Å². The molecule has 2 aromatic rings. The third-order valence-corrected chi connectivity index (χ3v) is 3.72. The number of nitrogens with zero attached hydrogens (tertiary/aromatic N) is 2. The highest BCUT2D eigenvalue weighted by molar-refractivity contribution is 7.99. The van der Waals surface area contributed by atoms with Crippen LogP contribution in [0.5, 0.6) is 0 Å². The number of thioether (sulfide) groups is 1. The molecule has 0 radical (unpaired) electrons. The van der Waals surface area contributed by atoms with Gasteiger partial charge in [-0.2, -0.15) is 0 Å². The first-order chi connectivity index (χ1) is 8.31. The first kappa shape index (κ1) is 12.1. The molecule has 2 aromatic heterocycles. The molecule has 5 heteroatoms. The maximum absolute atomic E-state index is 6.12. The molecule has 0 saturated carbocycles. The van der Waals surface area contributed by atoms with E-state index in [9.17, 15) is 0 Å². The molecular formula is C12H15N3OS. The number of nitrogens with two attached hydrogens (primary N) is 1. The van der Waals surface area contributed by atoms with Crippen LogP contribution < -0.4 is 5.73 Å². The van der Waals surface area contributed by atoms with E-state index in [0.717, 1.165) is 17.3 Å². The van der Waals surface area contributed by atoms with Gasteiger partial charge in [-0.15, -0.1) is 0 Å². The highest BCUT2D eigenvalue weighted by Crippen LogP contribution is 2.36. The Labute approximate surface area is 105 Å². The lowest BCUT2D eigenvalue weighted by Crippen LogP contribution is -2.25. The Balaban J connectivity index is 2.17. The summed E-state index contributed by atoms with van der Waals surface area (Å²) in [5, 5.41) is 0.773. The summed E-state index contributed by atoms with van der Waals surface area (Å²) in [4.78, 5) is 8.40. The van der Waals surface area contributed by atoms with Gasteiger partial charge in [0, 0.05) is 18.4 Å². The van der Waals surface area contributed by atoms with Gasteiger partial charge in [0.2, 0.25) is 0 Å². The molecule has 2 rings (SSSR count). The van der Waals surface area contributed by atoms with E-state index in [2.05, 4.69) is 16.9 Å². The Bertz CT molecular complexity index is 432. The van der Waals surface area contributed by atoms with Crippen molar-refractivity contribution in [3.8, 4) is 0 Å². The van der Waals surface area contributed by atoms with Gasteiger partial charge in [0.1, 0.15) is 5.76 Å². The fourth-order valence-corrected chi connectivity index (χ4v) is 2.57. The third-order valence-electron chi connectivity index (χ3n) is 2.46. The van der Waals surface area contributed by atoms with Gasteiger partial charge in [-0.1, -0.05) is 18.7 Å². The largest absolute Gasteiger partial charge is 0.468 e. The highest BCUT2D eigenvalue weighted by atomic mass is 32.2. The zero-order chi connectivity index (χ0) is 12.1. The number of rotatable bonds is 5. The molecule has 2 unspecified atom stereocenters. The molecule has 0 spiro atoms. The van der Waals surface area contributed by atoms with Crippen LogP contribution in [-0.2, 0) is 0 Å². The SMILES string of the molecule is CCC(N)C(Sc1ncccn1)c1ccco1. The number of furan rings is 1. The van der Waals surface area contributed by atoms with E-state index in [1.165, 1.54) is 11.8 Å². The zero-order valence-electron chi connectivity index (χ0n) is 9.61. The molecule has 4 nitrogen and oxygen atoms in total. The van der Waals surface area contributed by atoms with E-state index in [1.54, 1.807) is 24.7 Å². The van der Waals surface area contributed by atoms with E-state index >= 15 is 0 Å². The lowest BCUT2D eigenvalue weighted by Gasteiger charge is -2.19. The zero-order valence-corrected chi connectivity index (χ0v) is 10.4. The Morgan fingerprint density at radius 3 is 2.71 bits per heavy atom. The Morgan fingerprint density at radius 2 is 2.12 bits per heavy atom. The summed E-state index contributed by atoms with van der Waals surface area (Å²) in [7, 11) is 0. The fourth-order valence-electron chi connectivity index (χ4n) is 1.48. The van der Waals surface area contributed by atoms with E-state index < -0.39 is 0 Å². The maximum atomic E-state index is 6.12. The lowest BCUT2D eigenvalue weighted by atomic mass is 10.1. The number of hydrogen-bond acceptors (Lipinski definition) is 5. The minimum atomic E-state index is 0.0231. The molecule has 0 aromatic carbocycles. The molecule has 2 N–H and O–H groups in total. The standard InChI is InChI=1S/C12H15N3OS/c1-2-9(13)11(10-5-3-8-16-10)17-12-14-6-4-7-15-12/h3-9,11H,2,13H2,1H3. The van der Waals surface area contributed by atoms with E-state index in [0.29, 0.717) is 0 Å². The summed E-state index contributed by atoms with van der Waals surface area (Å²) in [5.41, 5.74) is 6.12. The quantitative estimate of drug-likeness (QED) is 0.652. The van der Waals surface area contributed by atoms with Crippen molar-refractivity contribution in [3.63, 3.8) is 0 Å². The predicted molar refractivity (Wildman–Crippen MR) is 67.6 cm³/mol. The molecular weight excluding hydrogens is 234 g/mol. The van der Waals surface area contributed by atoms with Crippen molar-refractivity contribution in [1.82, 2.24) is 9.97 Å². The first-order valence-electron chi connectivity index (χ1n) is 5.54. The molecule has 2 atom stereocenters. The van der Waals surface area contributed by atoms with Crippen LogP contribution >= 0.6 is 11.8 Å². The summed E-state index contributed by atoms with van der Waals surface area (Å²) in [6, 6.07) is 5.63. The van der Waals surface area contributed by atoms with Gasteiger partial charge in [0.25, 0.3) is 0 Å². The van der Waals surface area contributed by atoms with E-state index in [-0.39, 0.29) is 11.3 Å². The summed E-state index contributed by atoms with van der Waals surface area (Å²) in [5.74, 6) is 0.872. The Hall–Kier alpha value is -1.33. The van der Waals surface area contributed by atoms with Crippen LogP contribution in [0.1, 0.15) is 24.4 Å². The van der Waals surface area contributed by atoms with Gasteiger partial charge < -0.3 is 10.2 Å². The molecule has 0 aliphatic carbocycles. The van der Waals surface area contributed by atoms with Crippen molar-refractivity contribution >= 4 is 11.8 Å². The summed E-state index contributed by atoms with van der Waals surface area (Å²) >= 11 is 1.54. The molecule has 0 aliphatic heterocycles. The van der Waals surface area contributed by atoms with Crippen molar-refractivity contribution in [2.45, 2.75) is 29.8 Å². The lowest BCUT2D eigenvalue weighted by molar-refractivity contribution is 0.473. The Kier molecular flexibility index (Phi) is 4.17. The minimum absolute atomic E-state index is 0.0231. The van der Waals surface area contributed by atoms with Crippen molar-refractivity contribution in [2.75, 3.05) is 0 Å². The topological polar surface area (TPSA) is 64.9 Å². The van der Waals surface area contributed by atoms with Gasteiger partial charge in [0.15, 0.2) is 5.16 Å². The van der Waals surface area contributed by atoms with Crippen molar-refractivity contribution in [1.29, 1.82) is 0 Å². The minimum Gasteiger partial charge on any atom is -0.468 e.